The lowest BCUT2D eigenvalue weighted by Crippen LogP contribution is -2.49. The zero-order valence-electron chi connectivity index (χ0n) is 17.4. The van der Waals surface area contributed by atoms with E-state index in [1.165, 1.54) is 38.4 Å². The standard InChI is InChI=1S/C23H33N3O3/c1-29-23(28)19-4-2-17(3-5-19)16-25-12-10-21(11-13-25)26-14-8-18(9-15-26)22(27)24-20-6-7-20/h2-5,18,20-21H,6-16H2,1H3,(H,24,27). The Labute approximate surface area is 173 Å². The van der Waals surface area contributed by atoms with Crippen LogP contribution in [0.5, 0.6) is 0 Å². The first-order valence-electron chi connectivity index (χ1n) is 11.1. The van der Waals surface area contributed by atoms with Crippen LogP contribution in [0.3, 0.4) is 0 Å². The summed E-state index contributed by atoms with van der Waals surface area (Å²) in [7, 11) is 1.41. The highest BCUT2D eigenvalue weighted by molar-refractivity contribution is 5.89. The maximum Gasteiger partial charge on any atom is 0.337 e. The minimum atomic E-state index is -0.286. The maximum absolute atomic E-state index is 12.3. The largest absolute Gasteiger partial charge is 0.465 e. The Morgan fingerprint density at radius 1 is 0.966 bits per heavy atom. The van der Waals surface area contributed by atoms with Gasteiger partial charge >= 0.3 is 5.97 Å². The minimum Gasteiger partial charge on any atom is -0.465 e. The molecule has 1 aromatic rings. The number of nitrogens with zero attached hydrogens (tertiary/aromatic N) is 2. The predicted molar refractivity (Wildman–Crippen MR) is 112 cm³/mol. The van der Waals surface area contributed by atoms with Gasteiger partial charge in [-0.3, -0.25) is 9.69 Å². The molecule has 0 atom stereocenters. The van der Waals surface area contributed by atoms with Crippen LogP contribution < -0.4 is 5.32 Å². The molecule has 1 N–H and O–H groups in total. The van der Waals surface area contributed by atoms with Crippen molar-refractivity contribution in [2.24, 2.45) is 5.92 Å². The number of esters is 1. The highest BCUT2D eigenvalue weighted by atomic mass is 16.5. The molecule has 0 bridgehead atoms. The summed E-state index contributed by atoms with van der Waals surface area (Å²) >= 11 is 0. The molecule has 2 saturated heterocycles. The summed E-state index contributed by atoms with van der Waals surface area (Å²) in [5.74, 6) is 0.228. The van der Waals surface area contributed by atoms with E-state index in [-0.39, 0.29) is 11.9 Å². The second-order valence-electron chi connectivity index (χ2n) is 8.79. The number of carbonyl (C=O) groups is 2. The van der Waals surface area contributed by atoms with Crippen molar-refractivity contribution >= 4 is 11.9 Å². The lowest BCUT2D eigenvalue weighted by molar-refractivity contribution is -0.126. The highest BCUT2D eigenvalue weighted by Crippen LogP contribution is 2.26. The Morgan fingerprint density at radius 2 is 1.62 bits per heavy atom. The van der Waals surface area contributed by atoms with E-state index in [4.69, 9.17) is 4.74 Å². The van der Waals surface area contributed by atoms with E-state index in [0.717, 1.165) is 45.6 Å². The van der Waals surface area contributed by atoms with Gasteiger partial charge in [0.05, 0.1) is 12.7 Å². The number of nitrogens with one attached hydrogen (secondary N) is 1. The van der Waals surface area contributed by atoms with Crippen LogP contribution in [0.15, 0.2) is 24.3 Å². The molecule has 6 heteroatoms. The second kappa shape index (κ2) is 9.26. The molecule has 1 aromatic carbocycles. The van der Waals surface area contributed by atoms with Crippen molar-refractivity contribution in [1.29, 1.82) is 0 Å². The summed E-state index contributed by atoms with van der Waals surface area (Å²) in [6.07, 6.45) is 6.73. The van der Waals surface area contributed by atoms with E-state index in [1.807, 2.05) is 24.3 Å². The lowest BCUT2D eigenvalue weighted by atomic mass is 9.92. The lowest BCUT2D eigenvalue weighted by Gasteiger charge is -2.41. The third kappa shape index (κ3) is 5.37. The van der Waals surface area contributed by atoms with Crippen LogP contribution in [0, 0.1) is 5.92 Å². The third-order valence-electron chi connectivity index (χ3n) is 6.68. The fourth-order valence-corrected chi connectivity index (χ4v) is 4.64. The van der Waals surface area contributed by atoms with Gasteiger partial charge in [0, 0.05) is 24.5 Å². The Balaban J connectivity index is 1.19. The predicted octanol–water partition coefficient (Wildman–Crippen LogP) is 2.43. The quantitative estimate of drug-likeness (QED) is 0.745. The molecule has 29 heavy (non-hydrogen) atoms. The zero-order valence-corrected chi connectivity index (χ0v) is 17.4. The average Bonchev–Trinajstić information content (AvgIpc) is 3.58. The van der Waals surface area contributed by atoms with Gasteiger partial charge in [0.15, 0.2) is 0 Å². The highest BCUT2D eigenvalue weighted by Gasteiger charge is 2.32. The molecule has 3 fully saturated rings. The van der Waals surface area contributed by atoms with Gasteiger partial charge in [0.2, 0.25) is 5.91 Å². The van der Waals surface area contributed by atoms with E-state index in [0.29, 0.717) is 23.6 Å². The van der Waals surface area contributed by atoms with Gasteiger partial charge in [-0.15, -0.1) is 0 Å². The van der Waals surface area contributed by atoms with Gasteiger partial charge in [-0.2, -0.15) is 0 Å². The van der Waals surface area contributed by atoms with E-state index in [9.17, 15) is 9.59 Å². The molecule has 1 aliphatic carbocycles. The molecule has 0 radical (unpaired) electrons. The normalized spacial score (nSPS) is 22.4. The van der Waals surface area contributed by atoms with Gasteiger partial charge in [-0.25, -0.2) is 4.79 Å². The fourth-order valence-electron chi connectivity index (χ4n) is 4.64. The molecule has 0 spiro atoms. The molecule has 2 aliphatic heterocycles. The Hall–Kier alpha value is -1.92. The first kappa shape index (κ1) is 20.4. The summed E-state index contributed by atoms with van der Waals surface area (Å²) in [5, 5.41) is 3.17. The third-order valence-corrected chi connectivity index (χ3v) is 6.68. The number of carbonyl (C=O) groups excluding carboxylic acids is 2. The molecule has 6 nitrogen and oxygen atoms in total. The van der Waals surface area contributed by atoms with E-state index < -0.39 is 0 Å². The number of rotatable bonds is 6. The van der Waals surface area contributed by atoms with Crippen LogP contribution in [0.1, 0.15) is 54.4 Å². The number of hydrogen-bond acceptors (Lipinski definition) is 5. The van der Waals surface area contributed by atoms with Crippen molar-refractivity contribution in [3.8, 4) is 0 Å². The number of methoxy groups -OCH3 is 1. The van der Waals surface area contributed by atoms with Crippen LogP contribution in [0.2, 0.25) is 0 Å². The molecular formula is C23H33N3O3. The molecule has 4 rings (SSSR count). The molecule has 0 unspecified atom stereocenters. The van der Waals surface area contributed by atoms with Crippen molar-refractivity contribution in [1.82, 2.24) is 15.1 Å². The second-order valence-corrected chi connectivity index (χ2v) is 8.79. The average molecular weight is 400 g/mol. The topological polar surface area (TPSA) is 61.9 Å². The molecular weight excluding hydrogens is 366 g/mol. The first-order valence-corrected chi connectivity index (χ1v) is 11.1. The van der Waals surface area contributed by atoms with Crippen molar-refractivity contribution in [3.63, 3.8) is 0 Å². The number of benzene rings is 1. The SMILES string of the molecule is COC(=O)c1ccc(CN2CCC(N3CCC(C(=O)NC4CC4)CC3)CC2)cc1. The first-order chi connectivity index (χ1) is 14.1. The van der Waals surface area contributed by atoms with Crippen LogP contribution >= 0.6 is 0 Å². The van der Waals surface area contributed by atoms with Crippen molar-refractivity contribution in [3.05, 3.63) is 35.4 Å². The fraction of sp³-hybridized carbons (Fsp3) is 0.652. The van der Waals surface area contributed by atoms with Crippen LogP contribution in [0.4, 0.5) is 0 Å². The summed E-state index contributed by atoms with van der Waals surface area (Å²) in [6.45, 7) is 5.25. The smallest absolute Gasteiger partial charge is 0.337 e. The molecule has 3 aliphatic rings. The Bertz CT molecular complexity index is 701. The van der Waals surface area contributed by atoms with Crippen molar-refractivity contribution in [2.75, 3.05) is 33.3 Å². The van der Waals surface area contributed by atoms with Crippen LogP contribution in [-0.2, 0) is 16.1 Å². The molecule has 1 amide bonds. The van der Waals surface area contributed by atoms with Gasteiger partial charge in [0.1, 0.15) is 0 Å². The zero-order chi connectivity index (χ0) is 20.2. The van der Waals surface area contributed by atoms with Crippen molar-refractivity contribution in [2.45, 2.75) is 57.2 Å². The van der Waals surface area contributed by atoms with Crippen molar-refractivity contribution < 1.29 is 14.3 Å². The summed E-state index contributed by atoms with van der Waals surface area (Å²) in [4.78, 5) is 28.9. The number of hydrogen-bond donors (Lipinski definition) is 1. The van der Waals surface area contributed by atoms with E-state index in [1.54, 1.807) is 0 Å². The van der Waals surface area contributed by atoms with Gasteiger partial charge in [0.25, 0.3) is 0 Å². The summed E-state index contributed by atoms with van der Waals surface area (Å²) in [6, 6.07) is 8.86. The monoisotopic (exact) mass is 399 g/mol. The summed E-state index contributed by atoms with van der Waals surface area (Å²) in [5.41, 5.74) is 1.84. The Kier molecular flexibility index (Phi) is 6.50. The number of ether oxygens (including phenoxy) is 1. The van der Waals surface area contributed by atoms with Crippen LogP contribution in [0.25, 0.3) is 0 Å². The van der Waals surface area contributed by atoms with Crippen LogP contribution in [-0.4, -0.2) is 67.0 Å². The van der Waals surface area contributed by atoms with E-state index in [2.05, 4.69) is 15.1 Å². The molecule has 1 saturated carbocycles. The summed E-state index contributed by atoms with van der Waals surface area (Å²) < 4.78 is 4.76. The van der Waals surface area contributed by atoms with Gasteiger partial charge in [-0.05, 0) is 82.4 Å². The Morgan fingerprint density at radius 3 is 2.21 bits per heavy atom. The maximum atomic E-state index is 12.3. The number of likely N-dealkylation sites (tertiary alicyclic amines) is 2. The number of amides is 1. The van der Waals surface area contributed by atoms with Gasteiger partial charge < -0.3 is 15.0 Å². The molecule has 158 valence electrons. The minimum absolute atomic E-state index is 0.222. The van der Waals surface area contributed by atoms with E-state index >= 15 is 0 Å². The van der Waals surface area contributed by atoms with Gasteiger partial charge in [-0.1, -0.05) is 12.1 Å². The molecule has 0 aromatic heterocycles. The molecule has 2 heterocycles. The number of piperidine rings is 2.